The molecule has 0 aliphatic rings. The van der Waals surface area contributed by atoms with Gasteiger partial charge in [-0.1, -0.05) is 244 Å². The first-order valence-corrected chi connectivity index (χ1v) is 25.6. The Hall–Kier alpha value is -1.18. The first kappa shape index (κ1) is 53.8. The fourth-order valence-corrected chi connectivity index (χ4v) is 8.26. The summed E-state index contributed by atoms with van der Waals surface area (Å²) in [4.78, 5) is 12.6. The number of unbranched alkanes of at least 4 members (excludes halogenated alkanes) is 34. The number of carbonyl (C=O) groups excluding carboxylic acids is 1. The Morgan fingerprint density at radius 1 is 0.473 bits per heavy atom. The zero-order valence-electron chi connectivity index (χ0n) is 36.6. The number of aliphatic hydroxyl groups excluding tert-OH is 1. The number of rotatable bonds is 44. The summed E-state index contributed by atoms with van der Waals surface area (Å²) in [5.74, 6) is -0.988. The van der Waals surface area contributed by atoms with Gasteiger partial charge in [0.1, 0.15) is 0 Å². The summed E-state index contributed by atoms with van der Waals surface area (Å²) in [6, 6.07) is -1.07. The number of aliphatic hydroxyl groups is 1. The highest BCUT2D eigenvalue weighted by Crippen LogP contribution is 2.16. The molecule has 0 radical (unpaired) electrons. The predicted octanol–water partition coefficient (Wildman–Crippen LogP) is 14.7. The van der Waals surface area contributed by atoms with Crippen LogP contribution in [0, 0.1) is 0 Å². The van der Waals surface area contributed by atoms with E-state index >= 15 is 0 Å². The van der Waals surface area contributed by atoms with Gasteiger partial charge in [-0.2, -0.15) is 8.42 Å². The van der Waals surface area contributed by atoms with Crippen molar-refractivity contribution in [1.29, 1.82) is 0 Å². The Morgan fingerprint density at radius 3 is 1.15 bits per heavy atom. The number of nitrogens with one attached hydrogen (secondary N) is 1. The molecule has 0 aliphatic heterocycles. The monoisotopic (exact) mass is 796 g/mol. The lowest BCUT2D eigenvalue weighted by Gasteiger charge is -2.21. The molecule has 326 valence electrons. The zero-order valence-corrected chi connectivity index (χ0v) is 37.4. The van der Waals surface area contributed by atoms with Crippen LogP contribution < -0.4 is 5.32 Å². The molecular formula is C48H93NO5S. The summed E-state index contributed by atoms with van der Waals surface area (Å²) in [5.41, 5.74) is 0. The summed E-state index contributed by atoms with van der Waals surface area (Å²) in [5, 5.41) is 13.3. The van der Waals surface area contributed by atoms with Crippen molar-refractivity contribution in [3.63, 3.8) is 0 Å². The molecule has 0 spiro atoms. The van der Waals surface area contributed by atoms with Crippen LogP contribution in [0.4, 0.5) is 0 Å². The molecule has 2 atom stereocenters. The van der Waals surface area contributed by atoms with Crippen molar-refractivity contribution >= 4 is 16.0 Å². The van der Waals surface area contributed by atoms with E-state index in [4.69, 9.17) is 0 Å². The highest BCUT2D eigenvalue weighted by molar-refractivity contribution is 7.85. The minimum atomic E-state index is -4.35. The molecule has 1 amide bonds. The smallest absolute Gasteiger partial charge is 0.267 e. The van der Waals surface area contributed by atoms with E-state index in [0.29, 0.717) is 6.42 Å². The molecule has 0 fully saturated rings. The van der Waals surface area contributed by atoms with Gasteiger partial charge < -0.3 is 10.4 Å². The molecule has 55 heavy (non-hydrogen) atoms. The molecule has 0 saturated carbocycles. The SMILES string of the molecule is CCCCCCCCCCCCC/C=C/CC/C=C/C(O)C(CS(=O)(=O)O)NC(=O)CCCCCCCCCCCCCCCCCCCCCCCCC. The van der Waals surface area contributed by atoms with Gasteiger partial charge >= 0.3 is 0 Å². The first-order chi connectivity index (χ1) is 26.8. The number of hydrogen-bond donors (Lipinski definition) is 3. The highest BCUT2D eigenvalue weighted by Gasteiger charge is 2.24. The lowest BCUT2D eigenvalue weighted by atomic mass is 10.0. The van der Waals surface area contributed by atoms with Crippen LogP contribution in [0.5, 0.6) is 0 Å². The third kappa shape index (κ3) is 43.8. The number of amides is 1. The summed E-state index contributed by atoms with van der Waals surface area (Å²) in [6.07, 6.45) is 54.7. The van der Waals surface area contributed by atoms with Crippen molar-refractivity contribution in [2.24, 2.45) is 0 Å². The molecule has 0 bridgehead atoms. The van der Waals surface area contributed by atoms with Crippen LogP contribution in [0.15, 0.2) is 24.3 Å². The van der Waals surface area contributed by atoms with Crippen molar-refractivity contribution < 1.29 is 22.9 Å². The van der Waals surface area contributed by atoms with Gasteiger partial charge in [-0.25, -0.2) is 0 Å². The average molecular weight is 796 g/mol. The largest absolute Gasteiger partial charge is 0.387 e. The molecule has 0 aromatic rings. The van der Waals surface area contributed by atoms with Crippen molar-refractivity contribution in [2.75, 3.05) is 5.75 Å². The van der Waals surface area contributed by atoms with Gasteiger partial charge in [0.05, 0.1) is 17.9 Å². The molecule has 0 saturated heterocycles. The van der Waals surface area contributed by atoms with Crippen molar-refractivity contribution in [2.45, 2.75) is 270 Å². The van der Waals surface area contributed by atoms with E-state index in [-0.39, 0.29) is 5.91 Å². The van der Waals surface area contributed by atoms with Crippen LogP contribution in [-0.2, 0) is 14.9 Å². The molecule has 2 unspecified atom stereocenters. The summed E-state index contributed by atoms with van der Waals surface area (Å²) >= 11 is 0. The topological polar surface area (TPSA) is 104 Å². The second kappa shape index (κ2) is 42.4. The van der Waals surface area contributed by atoms with E-state index in [2.05, 4.69) is 31.3 Å². The molecule has 0 aromatic heterocycles. The van der Waals surface area contributed by atoms with Crippen molar-refractivity contribution in [3.8, 4) is 0 Å². The first-order valence-electron chi connectivity index (χ1n) is 24.0. The maximum atomic E-state index is 12.6. The van der Waals surface area contributed by atoms with E-state index in [1.54, 1.807) is 0 Å². The minimum absolute atomic E-state index is 0.282. The molecule has 7 heteroatoms. The van der Waals surface area contributed by atoms with Gasteiger partial charge in [0.25, 0.3) is 10.1 Å². The molecule has 0 heterocycles. The fraction of sp³-hybridized carbons (Fsp3) is 0.896. The lowest BCUT2D eigenvalue weighted by molar-refractivity contribution is -0.122. The third-order valence-electron chi connectivity index (χ3n) is 11.1. The Labute approximate surface area is 343 Å². The van der Waals surface area contributed by atoms with Gasteiger partial charge in [0.15, 0.2) is 0 Å². The predicted molar refractivity (Wildman–Crippen MR) is 239 cm³/mol. The maximum absolute atomic E-state index is 12.6. The summed E-state index contributed by atoms with van der Waals surface area (Å²) in [7, 11) is -4.35. The second-order valence-corrected chi connectivity index (χ2v) is 18.2. The quantitative estimate of drug-likeness (QED) is 0.0324. The molecular weight excluding hydrogens is 703 g/mol. The van der Waals surface area contributed by atoms with E-state index in [9.17, 15) is 22.9 Å². The zero-order chi connectivity index (χ0) is 40.3. The van der Waals surface area contributed by atoms with Gasteiger partial charge in [-0.05, 0) is 32.1 Å². The van der Waals surface area contributed by atoms with E-state index in [0.717, 1.165) is 38.5 Å². The Morgan fingerprint density at radius 2 is 0.782 bits per heavy atom. The number of allylic oxidation sites excluding steroid dienone is 3. The Bertz CT molecular complexity index is 965. The summed E-state index contributed by atoms with van der Waals surface area (Å²) in [6.45, 7) is 4.55. The molecule has 6 nitrogen and oxygen atoms in total. The van der Waals surface area contributed by atoms with E-state index < -0.39 is 28.0 Å². The minimum Gasteiger partial charge on any atom is -0.387 e. The van der Waals surface area contributed by atoms with Crippen molar-refractivity contribution in [1.82, 2.24) is 5.32 Å². The maximum Gasteiger partial charge on any atom is 0.267 e. The van der Waals surface area contributed by atoms with Crippen LogP contribution >= 0.6 is 0 Å². The molecule has 0 rings (SSSR count). The molecule has 3 N–H and O–H groups in total. The van der Waals surface area contributed by atoms with Crippen LogP contribution in [0.25, 0.3) is 0 Å². The van der Waals surface area contributed by atoms with Gasteiger partial charge in [-0.3, -0.25) is 9.35 Å². The Kier molecular flexibility index (Phi) is 41.5. The van der Waals surface area contributed by atoms with Gasteiger partial charge in [-0.15, -0.1) is 0 Å². The second-order valence-electron chi connectivity index (χ2n) is 16.7. The number of hydrogen-bond acceptors (Lipinski definition) is 4. The van der Waals surface area contributed by atoms with Crippen LogP contribution in [-0.4, -0.2) is 41.9 Å². The average Bonchev–Trinajstić information content (AvgIpc) is 3.15. The standard InChI is InChI=1S/C48H93NO5S/c1-3-5-7-9-11-13-15-17-19-21-22-23-24-25-26-28-30-32-34-36-38-40-42-44-48(51)49-46(45-55(52,53)54)47(50)43-41-39-37-35-33-31-29-27-20-18-16-14-12-10-8-6-4-2/h33,35,41,43,46-47,50H,3-32,34,36-40,42,44-45H2,1-2H3,(H,49,51)(H,52,53,54)/b35-33+,43-41+. The number of carbonyl (C=O) groups is 1. The third-order valence-corrected chi connectivity index (χ3v) is 11.9. The van der Waals surface area contributed by atoms with E-state index in [1.807, 2.05) is 6.08 Å². The van der Waals surface area contributed by atoms with Crippen LogP contribution in [0.2, 0.25) is 0 Å². The fourth-order valence-electron chi connectivity index (χ4n) is 7.53. The molecule has 0 aromatic carbocycles. The lowest BCUT2D eigenvalue weighted by Crippen LogP contribution is -2.46. The summed E-state index contributed by atoms with van der Waals surface area (Å²) < 4.78 is 32.6. The van der Waals surface area contributed by atoms with Gasteiger partial charge in [0.2, 0.25) is 5.91 Å². The van der Waals surface area contributed by atoms with E-state index in [1.165, 1.54) is 205 Å². The van der Waals surface area contributed by atoms with Crippen LogP contribution in [0.1, 0.15) is 258 Å². The normalized spacial score (nSPS) is 13.3. The highest BCUT2D eigenvalue weighted by atomic mass is 32.2. The van der Waals surface area contributed by atoms with Crippen molar-refractivity contribution in [3.05, 3.63) is 24.3 Å². The van der Waals surface area contributed by atoms with Crippen LogP contribution in [0.3, 0.4) is 0 Å². The Balaban J connectivity index is 3.81. The molecule has 0 aliphatic carbocycles. The van der Waals surface area contributed by atoms with Gasteiger partial charge in [0, 0.05) is 6.42 Å².